The van der Waals surface area contributed by atoms with E-state index in [2.05, 4.69) is 10.2 Å². The van der Waals surface area contributed by atoms with Gasteiger partial charge in [-0.1, -0.05) is 35.9 Å². The van der Waals surface area contributed by atoms with Crippen molar-refractivity contribution in [3.05, 3.63) is 64.2 Å². The number of carbonyl (C=O) groups excluding carboxylic acids is 1. The second-order valence-electron chi connectivity index (χ2n) is 8.32. The second-order valence-corrected chi connectivity index (χ2v) is 10.6. The average molecular weight is 534 g/mol. The predicted octanol–water partition coefficient (Wildman–Crippen LogP) is 3.66. The Kier molecular flexibility index (Phi) is 8.68. The molecule has 1 aliphatic rings. The third-order valence-corrected chi connectivity index (χ3v) is 7.17. The lowest BCUT2D eigenvalue weighted by molar-refractivity contribution is -0.137. The first kappa shape index (κ1) is 27.3. The van der Waals surface area contributed by atoms with Gasteiger partial charge in [0.05, 0.1) is 35.7 Å². The van der Waals surface area contributed by atoms with Crippen molar-refractivity contribution in [2.75, 3.05) is 36.9 Å². The molecule has 0 aromatic heterocycles. The molecule has 0 radical (unpaired) electrons. The molecule has 1 heterocycles. The SMILES string of the molecule is CC(C(=O)NCc1ccc(CN2CCOCC2)cc1)N(c1ccc(Cl)c(C(F)(F)F)c1)S(C)(=O)=O. The van der Waals surface area contributed by atoms with E-state index in [0.717, 1.165) is 49.1 Å². The molecule has 7 nitrogen and oxygen atoms in total. The Morgan fingerprint density at radius 2 is 1.74 bits per heavy atom. The number of morpholine rings is 1. The highest BCUT2D eigenvalue weighted by molar-refractivity contribution is 7.92. The molecule has 0 bridgehead atoms. The van der Waals surface area contributed by atoms with Gasteiger partial charge >= 0.3 is 6.18 Å². The van der Waals surface area contributed by atoms with Gasteiger partial charge in [0.2, 0.25) is 15.9 Å². The van der Waals surface area contributed by atoms with Crippen molar-refractivity contribution in [1.29, 1.82) is 0 Å². The lowest BCUT2D eigenvalue weighted by atomic mass is 10.1. The lowest BCUT2D eigenvalue weighted by Crippen LogP contribution is -2.47. The molecule has 35 heavy (non-hydrogen) atoms. The Labute approximate surface area is 207 Å². The molecule has 1 unspecified atom stereocenters. The maximum absolute atomic E-state index is 13.3. The van der Waals surface area contributed by atoms with Crippen molar-refractivity contribution >= 4 is 33.2 Å². The van der Waals surface area contributed by atoms with Crippen LogP contribution in [0.25, 0.3) is 0 Å². The van der Waals surface area contributed by atoms with Crippen LogP contribution in [0, 0.1) is 0 Å². The number of nitrogens with one attached hydrogen (secondary N) is 1. The summed E-state index contributed by atoms with van der Waals surface area (Å²) in [5, 5.41) is 2.09. The third-order valence-electron chi connectivity index (χ3n) is 5.60. The van der Waals surface area contributed by atoms with Crippen LogP contribution in [-0.4, -0.2) is 57.8 Å². The number of sulfonamides is 1. The van der Waals surface area contributed by atoms with Crippen LogP contribution in [-0.2, 0) is 38.8 Å². The number of carbonyl (C=O) groups is 1. The number of hydrogen-bond donors (Lipinski definition) is 1. The third kappa shape index (κ3) is 7.33. The van der Waals surface area contributed by atoms with E-state index < -0.39 is 38.7 Å². The minimum atomic E-state index is -4.78. The highest BCUT2D eigenvalue weighted by Gasteiger charge is 2.36. The van der Waals surface area contributed by atoms with Gasteiger partial charge in [0, 0.05) is 26.2 Å². The highest BCUT2D eigenvalue weighted by atomic mass is 35.5. The maximum Gasteiger partial charge on any atom is 0.417 e. The van der Waals surface area contributed by atoms with Crippen LogP contribution in [0.2, 0.25) is 5.02 Å². The molecule has 1 N–H and O–H groups in total. The normalized spacial score (nSPS) is 16.1. The first-order chi connectivity index (χ1) is 16.4. The van der Waals surface area contributed by atoms with E-state index >= 15 is 0 Å². The Bertz CT molecular complexity index is 1140. The van der Waals surface area contributed by atoms with E-state index in [4.69, 9.17) is 16.3 Å². The molecule has 2 aromatic rings. The fourth-order valence-corrected chi connectivity index (χ4v) is 5.18. The standard InChI is InChI=1S/C23H27ClF3N3O4S/c1-16(30(35(2,32)33)19-7-8-21(24)20(13-19)23(25,26)27)22(31)28-14-17-3-5-18(6-4-17)15-29-9-11-34-12-10-29/h3-8,13,16H,9-12,14-15H2,1-2H3,(H,28,31). The van der Waals surface area contributed by atoms with Crippen molar-refractivity contribution in [2.45, 2.75) is 32.2 Å². The summed E-state index contributed by atoms with van der Waals surface area (Å²) in [6.07, 6.45) is -3.96. The monoisotopic (exact) mass is 533 g/mol. The quantitative estimate of drug-likeness (QED) is 0.560. The van der Waals surface area contributed by atoms with Crippen molar-refractivity contribution in [3.63, 3.8) is 0 Å². The zero-order chi connectivity index (χ0) is 25.8. The van der Waals surface area contributed by atoms with Crippen LogP contribution in [0.1, 0.15) is 23.6 Å². The number of anilines is 1. The summed E-state index contributed by atoms with van der Waals surface area (Å²) in [7, 11) is -4.09. The van der Waals surface area contributed by atoms with Gasteiger partial charge in [0.25, 0.3) is 0 Å². The molecule has 192 valence electrons. The van der Waals surface area contributed by atoms with Crippen LogP contribution in [0.5, 0.6) is 0 Å². The molecule has 1 amide bonds. The van der Waals surface area contributed by atoms with Gasteiger partial charge in [0.1, 0.15) is 6.04 Å². The van der Waals surface area contributed by atoms with Crippen molar-refractivity contribution in [2.24, 2.45) is 0 Å². The maximum atomic E-state index is 13.3. The summed E-state index contributed by atoms with van der Waals surface area (Å²) in [6, 6.07) is 9.06. The van der Waals surface area contributed by atoms with Gasteiger partial charge in [-0.3, -0.25) is 14.0 Å². The van der Waals surface area contributed by atoms with Gasteiger partial charge < -0.3 is 10.1 Å². The summed E-state index contributed by atoms with van der Waals surface area (Å²) in [5.74, 6) is -0.656. The molecule has 3 rings (SSSR count). The second kappa shape index (κ2) is 11.2. The Balaban J connectivity index is 1.68. The number of halogens is 4. The molecule has 1 atom stereocenters. The van der Waals surface area contributed by atoms with E-state index in [1.165, 1.54) is 6.92 Å². The topological polar surface area (TPSA) is 79.0 Å². The molecule has 0 spiro atoms. The Hall–Kier alpha value is -2.34. The number of nitrogens with zero attached hydrogens (tertiary/aromatic N) is 2. The van der Waals surface area contributed by atoms with Crippen LogP contribution < -0.4 is 9.62 Å². The molecule has 1 fully saturated rings. The number of hydrogen-bond acceptors (Lipinski definition) is 5. The van der Waals surface area contributed by atoms with Gasteiger partial charge in [-0.15, -0.1) is 0 Å². The van der Waals surface area contributed by atoms with Crippen LogP contribution in [0.15, 0.2) is 42.5 Å². The summed E-state index contributed by atoms with van der Waals surface area (Å²) in [5.41, 5.74) is 0.421. The summed E-state index contributed by atoms with van der Waals surface area (Å²) < 4.78 is 70.7. The molecular weight excluding hydrogens is 507 g/mol. The molecule has 12 heteroatoms. The number of alkyl halides is 3. The number of amides is 1. The molecule has 1 aliphatic heterocycles. The van der Waals surface area contributed by atoms with Crippen LogP contribution in [0.3, 0.4) is 0 Å². The van der Waals surface area contributed by atoms with Gasteiger partial charge in [-0.05, 0) is 36.2 Å². The van der Waals surface area contributed by atoms with Crippen LogP contribution >= 0.6 is 11.6 Å². The first-order valence-corrected chi connectivity index (χ1v) is 13.1. The number of benzene rings is 2. The molecular formula is C23H27ClF3N3O4S. The highest BCUT2D eigenvalue weighted by Crippen LogP contribution is 2.37. The average Bonchev–Trinajstić information content (AvgIpc) is 2.78. The van der Waals surface area contributed by atoms with Crippen LogP contribution in [0.4, 0.5) is 18.9 Å². The zero-order valence-corrected chi connectivity index (χ0v) is 20.9. The molecule has 0 aliphatic carbocycles. The minimum absolute atomic E-state index is 0.132. The first-order valence-electron chi connectivity index (χ1n) is 10.9. The van der Waals surface area contributed by atoms with Crippen molar-refractivity contribution in [3.8, 4) is 0 Å². The zero-order valence-electron chi connectivity index (χ0n) is 19.3. The minimum Gasteiger partial charge on any atom is -0.379 e. The Morgan fingerprint density at radius 1 is 1.14 bits per heavy atom. The van der Waals surface area contributed by atoms with E-state index in [9.17, 15) is 26.4 Å². The molecule has 0 saturated carbocycles. The lowest BCUT2D eigenvalue weighted by Gasteiger charge is -2.29. The largest absolute Gasteiger partial charge is 0.417 e. The van der Waals surface area contributed by atoms with E-state index in [-0.39, 0.29) is 12.2 Å². The van der Waals surface area contributed by atoms with E-state index in [1.54, 1.807) is 0 Å². The van der Waals surface area contributed by atoms with Gasteiger partial charge in [-0.25, -0.2) is 8.42 Å². The summed E-state index contributed by atoms with van der Waals surface area (Å²) >= 11 is 5.65. The van der Waals surface area contributed by atoms with Crippen molar-refractivity contribution in [1.82, 2.24) is 10.2 Å². The smallest absolute Gasteiger partial charge is 0.379 e. The number of rotatable bonds is 8. The molecule has 1 saturated heterocycles. The molecule has 2 aromatic carbocycles. The number of ether oxygens (including phenoxy) is 1. The van der Waals surface area contributed by atoms with E-state index in [0.29, 0.717) is 23.6 Å². The fourth-order valence-electron chi connectivity index (χ4n) is 3.79. The predicted molar refractivity (Wildman–Crippen MR) is 128 cm³/mol. The van der Waals surface area contributed by atoms with Gasteiger partial charge in [0.15, 0.2) is 0 Å². The van der Waals surface area contributed by atoms with Gasteiger partial charge in [-0.2, -0.15) is 13.2 Å². The van der Waals surface area contributed by atoms with Crippen molar-refractivity contribution < 1.29 is 31.1 Å². The fraction of sp³-hybridized carbons (Fsp3) is 0.435. The summed E-state index contributed by atoms with van der Waals surface area (Å²) in [4.78, 5) is 15.1. The van der Waals surface area contributed by atoms with E-state index in [1.807, 2.05) is 24.3 Å². The Morgan fingerprint density at radius 3 is 2.31 bits per heavy atom. The summed E-state index contributed by atoms with van der Waals surface area (Å²) in [6.45, 7) is 5.38.